The number of nitrogens with zero attached hydrogens (tertiary/aromatic N) is 6. The minimum Gasteiger partial charge on any atom is -0.383 e. The van der Waals surface area contributed by atoms with E-state index in [1.165, 1.54) is 17.0 Å². The molecule has 0 spiro atoms. The smallest absolute Gasteiger partial charge is 0.277 e. The molecular formula is C23H21F2N7O. The van der Waals surface area contributed by atoms with Gasteiger partial charge in [0.15, 0.2) is 0 Å². The van der Waals surface area contributed by atoms with Crippen LogP contribution >= 0.6 is 0 Å². The van der Waals surface area contributed by atoms with Crippen LogP contribution in [0.3, 0.4) is 0 Å². The summed E-state index contributed by atoms with van der Waals surface area (Å²) in [5.74, 6) is 0.166. The highest BCUT2D eigenvalue weighted by Crippen LogP contribution is 2.32. The molecule has 0 bridgehead atoms. The fourth-order valence-corrected chi connectivity index (χ4v) is 4.20. The van der Waals surface area contributed by atoms with Crippen molar-refractivity contribution in [3.8, 4) is 0 Å². The molecule has 168 valence electrons. The number of rotatable bonds is 5. The molecule has 0 atom stereocenters. The highest BCUT2D eigenvalue weighted by atomic mass is 19.3. The SMILES string of the molecule is Cn1cc(N(Cc2ccc(C(F)F)cn2)C(=O)c2cc3c4c(c(N)nc3cn2)CCC4)cn1. The molecule has 0 unspecified atom stereocenters. The lowest BCUT2D eigenvalue weighted by molar-refractivity contribution is 0.0980. The van der Waals surface area contributed by atoms with E-state index in [2.05, 4.69) is 20.1 Å². The summed E-state index contributed by atoms with van der Waals surface area (Å²) in [5.41, 5.74) is 10.00. The Morgan fingerprint density at radius 1 is 1.18 bits per heavy atom. The number of fused-ring (bicyclic) bond motifs is 3. The van der Waals surface area contributed by atoms with Crippen LogP contribution in [0.2, 0.25) is 0 Å². The number of anilines is 2. The zero-order valence-corrected chi connectivity index (χ0v) is 17.9. The maximum absolute atomic E-state index is 13.6. The van der Waals surface area contributed by atoms with Gasteiger partial charge in [-0.25, -0.2) is 18.7 Å². The van der Waals surface area contributed by atoms with Crippen molar-refractivity contribution in [1.29, 1.82) is 0 Å². The van der Waals surface area contributed by atoms with Crippen molar-refractivity contribution in [2.45, 2.75) is 32.2 Å². The number of alkyl halides is 2. The van der Waals surface area contributed by atoms with Gasteiger partial charge in [-0.3, -0.25) is 19.4 Å². The molecule has 8 nitrogen and oxygen atoms in total. The van der Waals surface area contributed by atoms with Gasteiger partial charge in [0.2, 0.25) is 0 Å². The second-order valence-electron chi connectivity index (χ2n) is 8.04. The van der Waals surface area contributed by atoms with Gasteiger partial charge in [0, 0.05) is 30.4 Å². The lowest BCUT2D eigenvalue weighted by Crippen LogP contribution is -2.31. The van der Waals surface area contributed by atoms with Gasteiger partial charge in [-0.15, -0.1) is 0 Å². The zero-order chi connectivity index (χ0) is 23.1. The van der Waals surface area contributed by atoms with Gasteiger partial charge in [-0.05, 0) is 48.6 Å². The van der Waals surface area contributed by atoms with E-state index in [4.69, 9.17) is 5.73 Å². The number of carbonyl (C=O) groups excluding carboxylic acids is 1. The average molecular weight is 449 g/mol. The first-order valence-electron chi connectivity index (χ1n) is 10.5. The Labute approximate surface area is 188 Å². The van der Waals surface area contributed by atoms with Crippen LogP contribution in [0.25, 0.3) is 10.9 Å². The van der Waals surface area contributed by atoms with Crippen LogP contribution in [0.15, 0.2) is 43.0 Å². The second-order valence-corrected chi connectivity index (χ2v) is 8.04. The first-order chi connectivity index (χ1) is 15.9. The molecule has 4 aromatic rings. The Kier molecular flexibility index (Phi) is 5.20. The van der Waals surface area contributed by atoms with Gasteiger partial charge in [-0.2, -0.15) is 5.10 Å². The van der Waals surface area contributed by atoms with E-state index in [-0.39, 0.29) is 23.7 Å². The Hall–Kier alpha value is -3.95. The van der Waals surface area contributed by atoms with Crippen LogP contribution in [-0.2, 0) is 26.4 Å². The topological polar surface area (TPSA) is 103 Å². The number of hydrogen-bond acceptors (Lipinski definition) is 6. The van der Waals surface area contributed by atoms with Crippen molar-refractivity contribution in [3.63, 3.8) is 0 Å². The number of pyridine rings is 3. The van der Waals surface area contributed by atoms with Crippen LogP contribution in [0.5, 0.6) is 0 Å². The van der Waals surface area contributed by atoms with Crippen molar-refractivity contribution in [3.05, 3.63) is 71.1 Å². The molecule has 1 aliphatic carbocycles. The molecule has 2 N–H and O–H groups in total. The monoisotopic (exact) mass is 449 g/mol. The number of halogens is 2. The van der Waals surface area contributed by atoms with E-state index < -0.39 is 6.43 Å². The number of hydrogen-bond donors (Lipinski definition) is 1. The van der Waals surface area contributed by atoms with Gasteiger partial charge in [0.25, 0.3) is 12.3 Å². The standard InChI is InChI=1S/C23H21F2N7O/c1-31-12-15(9-29-31)32(11-14-6-5-13(8-27-14)21(24)25)23(33)19-7-18-16-3-2-4-17(16)22(26)30-20(18)10-28-19/h5-10,12,21H,2-4,11H2,1H3,(H2,26,30). The maximum atomic E-state index is 13.6. The van der Waals surface area contributed by atoms with E-state index in [0.717, 1.165) is 42.0 Å². The van der Waals surface area contributed by atoms with Crippen LogP contribution in [0.4, 0.5) is 20.3 Å². The average Bonchev–Trinajstić information content (AvgIpc) is 3.47. The largest absolute Gasteiger partial charge is 0.383 e. The lowest BCUT2D eigenvalue weighted by atomic mass is 10.1. The first-order valence-corrected chi connectivity index (χ1v) is 10.5. The molecule has 10 heteroatoms. The molecule has 4 heterocycles. The van der Waals surface area contributed by atoms with E-state index in [1.807, 2.05) is 0 Å². The highest BCUT2D eigenvalue weighted by molar-refractivity contribution is 6.06. The number of nitrogens with two attached hydrogens (primary N) is 1. The Bertz CT molecular complexity index is 1350. The predicted molar refractivity (Wildman–Crippen MR) is 119 cm³/mol. The third kappa shape index (κ3) is 3.88. The van der Waals surface area contributed by atoms with Crippen molar-refractivity contribution in [1.82, 2.24) is 24.7 Å². The molecule has 0 radical (unpaired) electrons. The molecule has 33 heavy (non-hydrogen) atoms. The summed E-state index contributed by atoms with van der Waals surface area (Å²) < 4.78 is 27.4. The van der Waals surface area contributed by atoms with Crippen molar-refractivity contribution >= 4 is 28.3 Å². The molecule has 1 aliphatic rings. The van der Waals surface area contributed by atoms with Crippen molar-refractivity contribution < 1.29 is 13.6 Å². The summed E-state index contributed by atoms with van der Waals surface area (Å²) in [7, 11) is 1.75. The number of nitrogen functional groups attached to an aromatic ring is 1. The molecule has 1 amide bonds. The summed E-state index contributed by atoms with van der Waals surface area (Å²) in [4.78, 5) is 28.0. The summed E-state index contributed by atoms with van der Waals surface area (Å²) in [6.07, 6.45) is 6.09. The first kappa shape index (κ1) is 20.9. The number of amides is 1. The number of aromatic nitrogens is 5. The fourth-order valence-electron chi connectivity index (χ4n) is 4.20. The fraction of sp³-hybridized carbons (Fsp3) is 0.261. The minimum atomic E-state index is -2.60. The maximum Gasteiger partial charge on any atom is 0.277 e. The normalized spacial score (nSPS) is 13.0. The van der Waals surface area contributed by atoms with E-state index in [1.54, 1.807) is 36.4 Å². The summed E-state index contributed by atoms with van der Waals surface area (Å²) >= 11 is 0. The van der Waals surface area contributed by atoms with Gasteiger partial charge < -0.3 is 5.73 Å². The van der Waals surface area contributed by atoms with Gasteiger partial charge in [0.1, 0.15) is 11.5 Å². The third-order valence-corrected chi connectivity index (χ3v) is 5.86. The summed E-state index contributed by atoms with van der Waals surface area (Å²) in [5, 5.41) is 5.03. The van der Waals surface area contributed by atoms with E-state index in [0.29, 0.717) is 22.7 Å². The van der Waals surface area contributed by atoms with Gasteiger partial charge in [-0.1, -0.05) is 0 Å². The van der Waals surface area contributed by atoms with Gasteiger partial charge in [0.05, 0.1) is 35.8 Å². The van der Waals surface area contributed by atoms with Crippen LogP contribution < -0.4 is 10.6 Å². The Morgan fingerprint density at radius 2 is 2.00 bits per heavy atom. The summed E-state index contributed by atoms with van der Waals surface area (Å²) in [6, 6.07) is 4.56. The van der Waals surface area contributed by atoms with Crippen LogP contribution in [-0.4, -0.2) is 30.6 Å². The second kappa shape index (κ2) is 8.19. The van der Waals surface area contributed by atoms with Crippen molar-refractivity contribution in [2.24, 2.45) is 7.05 Å². The Morgan fingerprint density at radius 3 is 2.70 bits per heavy atom. The van der Waals surface area contributed by atoms with Crippen LogP contribution in [0.1, 0.15) is 45.7 Å². The molecule has 4 aromatic heterocycles. The predicted octanol–water partition coefficient (Wildman–Crippen LogP) is 3.61. The molecule has 0 aliphatic heterocycles. The van der Waals surface area contributed by atoms with E-state index >= 15 is 0 Å². The molecule has 5 rings (SSSR count). The third-order valence-electron chi connectivity index (χ3n) is 5.86. The molecule has 0 saturated carbocycles. The van der Waals surface area contributed by atoms with Crippen molar-refractivity contribution in [2.75, 3.05) is 10.6 Å². The minimum absolute atomic E-state index is 0.0753. The number of carbonyl (C=O) groups is 1. The number of aryl methyl sites for hydroxylation is 2. The zero-order valence-electron chi connectivity index (χ0n) is 17.9. The molecule has 0 aromatic carbocycles. The van der Waals surface area contributed by atoms with Gasteiger partial charge >= 0.3 is 0 Å². The lowest BCUT2D eigenvalue weighted by Gasteiger charge is -2.21. The molecule has 0 fully saturated rings. The Balaban J connectivity index is 1.53. The van der Waals surface area contributed by atoms with E-state index in [9.17, 15) is 13.6 Å². The van der Waals surface area contributed by atoms with Crippen LogP contribution in [0, 0.1) is 0 Å². The highest BCUT2D eigenvalue weighted by Gasteiger charge is 2.24. The quantitative estimate of drug-likeness (QED) is 0.499. The molecule has 0 saturated heterocycles. The summed E-state index contributed by atoms with van der Waals surface area (Å²) in [6.45, 7) is 0.0753. The molecular weight excluding hydrogens is 428 g/mol.